The maximum absolute atomic E-state index is 14.1. The number of Topliss-reactive ketones (excluding diaryl/α,β-unsaturated/α-hetero) is 1. The summed E-state index contributed by atoms with van der Waals surface area (Å²) in [6.07, 6.45) is 2.93. The van der Waals surface area contributed by atoms with Crippen LogP contribution in [0.15, 0.2) is 36.4 Å². The average molecular weight is 1030 g/mol. The molecule has 20 nitrogen and oxygen atoms in total. The number of carbonyl (C=O) groups is 8. The summed E-state index contributed by atoms with van der Waals surface area (Å²) in [6.45, 7) is -4.21. The second-order valence-corrected chi connectivity index (χ2v) is 15.4. The molecule has 0 aromatic heterocycles. The normalized spacial score (nSPS) is 15.3. The van der Waals surface area contributed by atoms with Gasteiger partial charge in [-0.15, -0.1) is 0 Å². The number of urea groups is 1. The van der Waals surface area contributed by atoms with Crippen LogP contribution in [0.3, 0.4) is 0 Å². The molecule has 65 heavy (non-hydrogen) atoms. The summed E-state index contributed by atoms with van der Waals surface area (Å²) in [4.78, 5) is 96.2. The number of ether oxygens (including phenoxy) is 2. The Bertz CT molecular complexity index is 1930. The second kappa shape index (κ2) is 34.5. The SMILES string of the molecule is O=C([O-])CN(CC(=O)[O-])c1ccc(F)cc1OCCOc1ccc(NC(=O)CCCC(=O)CCNC(=O)CCCCC2SCC3NC(=O)NC32)cc1N(CC(=O)[O-])CC(=O)[O-].[K+].[K+].[K+].[K+]. The predicted octanol–water partition coefficient (Wildman–Crippen LogP) is -15.2. The van der Waals surface area contributed by atoms with Gasteiger partial charge in [0.25, 0.3) is 0 Å². The van der Waals surface area contributed by atoms with Crippen LogP contribution in [-0.4, -0.2) is 117 Å². The van der Waals surface area contributed by atoms with Crippen molar-refractivity contribution >= 4 is 76.3 Å². The van der Waals surface area contributed by atoms with Crippen molar-refractivity contribution in [1.29, 1.82) is 0 Å². The number of benzene rings is 2. The zero-order chi connectivity index (χ0) is 44.5. The standard InChI is InChI=1S/C39H49FN6O14S.4K/c40-23-8-10-27(45(18-34(50)51)19-35(52)53)30(16-23)60-15-14-59-29-11-9-24(17-28(29)46(20-36(54)55)21-37(56)57)42-33(49)7-3-4-25(47)12-13-41-32(48)6-2-1-5-31-38-26(22-61-31)43-39(58)44-38;;;;/h8-11,16-17,26,31,38H,1-7,12-15,18-22H2,(H,41,48)(H,42,49)(H,50,51)(H,52,53)(H,54,55)(H,56,57)(H2,43,44,58);;;;/q;4*+1/p-4. The fraction of sp³-hybridized carbons (Fsp3) is 0.487. The number of anilines is 3. The van der Waals surface area contributed by atoms with Gasteiger partial charge in [-0.1, -0.05) is 6.42 Å². The smallest absolute Gasteiger partial charge is 0.548 e. The first-order valence-electron chi connectivity index (χ1n) is 19.3. The summed E-state index contributed by atoms with van der Waals surface area (Å²) in [7, 11) is 0. The minimum absolute atomic E-state index is 0. The van der Waals surface area contributed by atoms with Gasteiger partial charge in [0.2, 0.25) is 11.8 Å². The van der Waals surface area contributed by atoms with E-state index in [1.54, 1.807) is 0 Å². The van der Waals surface area contributed by atoms with E-state index < -0.39 is 61.8 Å². The Hall–Kier alpha value is 0.225. The molecule has 3 atom stereocenters. The largest absolute Gasteiger partial charge is 1.00 e. The van der Waals surface area contributed by atoms with Gasteiger partial charge in [-0.05, 0) is 49.6 Å². The van der Waals surface area contributed by atoms with Crippen LogP contribution in [0.2, 0.25) is 0 Å². The van der Waals surface area contributed by atoms with Gasteiger partial charge in [0.15, 0.2) is 0 Å². The molecule has 2 heterocycles. The number of carboxylic acids is 4. The van der Waals surface area contributed by atoms with Crippen LogP contribution in [0.4, 0.5) is 26.2 Å². The number of ketones is 1. The second-order valence-electron chi connectivity index (χ2n) is 14.1. The molecule has 0 spiro atoms. The number of nitrogens with one attached hydrogen (secondary N) is 4. The quantitative estimate of drug-likeness (QED) is 0.0350. The molecule has 4 rings (SSSR count). The van der Waals surface area contributed by atoms with Crippen LogP contribution in [0.1, 0.15) is 51.4 Å². The van der Waals surface area contributed by atoms with Crippen molar-refractivity contribution in [3.8, 4) is 11.5 Å². The third-order valence-corrected chi connectivity index (χ3v) is 10.9. The van der Waals surface area contributed by atoms with Gasteiger partial charge < -0.3 is 80.1 Å². The number of rotatable bonds is 28. The van der Waals surface area contributed by atoms with Crippen LogP contribution < -0.4 is 267 Å². The van der Waals surface area contributed by atoms with E-state index in [9.17, 15) is 63.2 Å². The summed E-state index contributed by atoms with van der Waals surface area (Å²) >= 11 is 1.81. The molecule has 0 saturated carbocycles. The van der Waals surface area contributed by atoms with E-state index in [4.69, 9.17) is 9.47 Å². The molecule has 0 aliphatic carbocycles. The summed E-state index contributed by atoms with van der Waals surface area (Å²) in [5, 5.41) is 57.0. The number of amides is 4. The van der Waals surface area contributed by atoms with Gasteiger partial charge in [0.05, 0.1) is 73.5 Å². The first-order valence-corrected chi connectivity index (χ1v) is 20.4. The van der Waals surface area contributed by atoms with Gasteiger partial charge in [-0.3, -0.25) is 14.4 Å². The molecule has 4 amide bonds. The molecule has 26 heteroatoms. The van der Waals surface area contributed by atoms with E-state index in [-0.39, 0.29) is 309 Å². The molecule has 3 unspecified atom stereocenters. The number of unbranched alkanes of at least 4 members (excludes halogenated alkanes) is 1. The molecule has 4 N–H and O–H groups in total. The summed E-state index contributed by atoms with van der Waals surface area (Å²) in [5.41, 5.74) is -0.127. The van der Waals surface area contributed by atoms with E-state index >= 15 is 0 Å². The number of thioether (sulfide) groups is 1. The number of aliphatic carboxylic acids is 4. The number of hydrogen-bond donors (Lipinski definition) is 4. The van der Waals surface area contributed by atoms with Gasteiger partial charge in [-0.25, -0.2) is 9.18 Å². The monoisotopic (exact) mass is 1030 g/mol. The van der Waals surface area contributed by atoms with Crippen LogP contribution >= 0.6 is 11.8 Å². The fourth-order valence-electron chi connectivity index (χ4n) is 6.71. The predicted molar refractivity (Wildman–Crippen MR) is 207 cm³/mol. The zero-order valence-corrected chi connectivity index (χ0v) is 50.2. The van der Waals surface area contributed by atoms with Crippen molar-refractivity contribution in [1.82, 2.24) is 16.0 Å². The Labute approximate surface area is 549 Å². The number of carbonyl (C=O) groups excluding carboxylic acids is 8. The molecule has 2 aromatic rings. The molecule has 2 aliphatic heterocycles. The average Bonchev–Trinajstić information content (AvgIpc) is 3.73. The molecular weight excluding hydrogens is 984 g/mol. The van der Waals surface area contributed by atoms with E-state index in [2.05, 4.69) is 21.3 Å². The Balaban J connectivity index is 0.0000102. The Morgan fingerprint density at radius 1 is 0.692 bits per heavy atom. The maximum atomic E-state index is 14.1. The molecule has 0 bridgehead atoms. The first kappa shape index (κ1) is 65.2. The molecule has 2 aromatic carbocycles. The van der Waals surface area contributed by atoms with Gasteiger partial charge in [-0.2, -0.15) is 11.8 Å². The minimum atomic E-state index is -1.66. The fourth-order valence-corrected chi connectivity index (χ4v) is 8.25. The molecule has 2 fully saturated rings. The van der Waals surface area contributed by atoms with Crippen LogP contribution in [-0.2, 0) is 33.6 Å². The Kier molecular flexibility index (Phi) is 34.7. The number of fused-ring (bicyclic) bond motifs is 1. The zero-order valence-electron chi connectivity index (χ0n) is 36.9. The van der Waals surface area contributed by atoms with Crippen molar-refractivity contribution in [3.05, 3.63) is 42.2 Å². The number of halogens is 1. The van der Waals surface area contributed by atoms with E-state index in [0.717, 1.165) is 46.6 Å². The molecule has 332 valence electrons. The van der Waals surface area contributed by atoms with Gasteiger partial charge in [0, 0.05) is 55.0 Å². The van der Waals surface area contributed by atoms with Crippen LogP contribution in [0.5, 0.6) is 11.5 Å². The maximum Gasteiger partial charge on any atom is 1.00 e. The minimum Gasteiger partial charge on any atom is -0.548 e. The van der Waals surface area contributed by atoms with Gasteiger partial charge >= 0.3 is 212 Å². The molecular formula is C39H45FK4N6O14S. The molecule has 2 aliphatic rings. The topological polar surface area (TPSA) is 302 Å². The van der Waals surface area contributed by atoms with E-state index in [1.807, 2.05) is 11.8 Å². The van der Waals surface area contributed by atoms with Crippen molar-refractivity contribution in [3.63, 3.8) is 0 Å². The van der Waals surface area contributed by atoms with Crippen molar-refractivity contribution < 1.29 is 278 Å². The van der Waals surface area contributed by atoms with Crippen molar-refractivity contribution in [2.75, 3.05) is 66.8 Å². The summed E-state index contributed by atoms with van der Waals surface area (Å²) in [5.74, 6) is -7.71. The summed E-state index contributed by atoms with van der Waals surface area (Å²) in [6, 6.07) is 6.94. The number of carboxylic acid groups (broad SMARTS) is 4. The van der Waals surface area contributed by atoms with Crippen LogP contribution in [0, 0.1) is 5.82 Å². The van der Waals surface area contributed by atoms with Crippen molar-refractivity contribution in [2.45, 2.75) is 68.7 Å². The Morgan fingerprint density at radius 3 is 1.89 bits per heavy atom. The third-order valence-electron chi connectivity index (χ3n) is 9.39. The third kappa shape index (κ3) is 24.3. The van der Waals surface area contributed by atoms with Gasteiger partial charge in [0.1, 0.15) is 36.3 Å². The number of hydrogen-bond acceptors (Lipinski definition) is 17. The number of nitrogens with zero attached hydrogens (tertiary/aromatic N) is 2. The van der Waals surface area contributed by atoms with Crippen molar-refractivity contribution in [2.24, 2.45) is 0 Å². The van der Waals surface area contributed by atoms with E-state index in [1.165, 1.54) is 18.2 Å². The molecule has 0 radical (unpaired) electrons. The van der Waals surface area contributed by atoms with Crippen LogP contribution in [0.25, 0.3) is 0 Å². The first-order chi connectivity index (χ1) is 29.1. The molecule has 2 saturated heterocycles. The summed E-state index contributed by atoms with van der Waals surface area (Å²) < 4.78 is 25.4. The Morgan fingerprint density at radius 2 is 1.28 bits per heavy atom. The van der Waals surface area contributed by atoms with E-state index in [0.29, 0.717) is 18.1 Å².